The van der Waals surface area contributed by atoms with E-state index in [0.29, 0.717) is 0 Å². The number of piperazine rings is 1. The predicted octanol–water partition coefficient (Wildman–Crippen LogP) is 1.98. The summed E-state index contributed by atoms with van der Waals surface area (Å²) >= 11 is 0. The minimum atomic E-state index is 0.857. The average Bonchev–Trinajstić information content (AvgIpc) is 3.05. The van der Waals surface area contributed by atoms with Crippen molar-refractivity contribution in [2.75, 3.05) is 38.1 Å². The Labute approximate surface area is 135 Å². The van der Waals surface area contributed by atoms with Crippen LogP contribution in [0.4, 0.5) is 5.82 Å². The van der Waals surface area contributed by atoms with E-state index in [-0.39, 0.29) is 0 Å². The summed E-state index contributed by atoms with van der Waals surface area (Å²) in [6.07, 6.45) is 4.03. The molecule has 0 bridgehead atoms. The van der Waals surface area contributed by atoms with Crippen molar-refractivity contribution in [1.82, 2.24) is 24.5 Å². The lowest BCUT2D eigenvalue weighted by Gasteiger charge is -2.33. The number of rotatable bonds is 3. The van der Waals surface area contributed by atoms with Gasteiger partial charge >= 0.3 is 0 Å². The largest absolute Gasteiger partial charge is 0.351 e. The van der Waals surface area contributed by atoms with Gasteiger partial charge in [-0.2, -0.15) is 0 Å². The van der Waals surface area contributed by atoms with Crippen LogP contribution in [0, 0.1) is 0 Å². The molecule has 1 saturated heterocycles. The number of hydrogen-bond acceptors (Lipinski definition) is 5. The Morgan fingerprint density at radius 2 is 1.96 bits per heavy atom. The summed E-state index contributed by atoms with van der Waals surface area (Å²) in [7, 11) is 2.16. The maximum Gasteiger partial charge on any atom is 0.204 e. The number of anilines is 1. The Morgan fingerprint density at radius 1 is 1.13 bits per heavy atom. The Hall–Kier alpha value is -2.21. The van der Waals surface area contributed by atoms with Crippen LogP contribution in [-0.4, -0.2) is 57.7 Å². The third-order valence-electron chi connectivity index (χ3n) is 4.61. The first-order valence-electron chi connectivity index (χ1n) is 8.32. The Balaban J connectivity index is 1.85. The summed E-state index contributed by atoms with van der Waals surface area (Å²) in [5.41, 5.74) is 4.29. The molecule has 0 spiro atoms. The molecule has 120 valence electrons. The predicted molar refractivity (Wildman–Crippen MR) is 92.0 cm³/mol. The summed E-state index contributed by atoms with van der Waals surface area (Å²) in [5.74, 6) is 0.950. The number of benzene rings is 1. The molecule has 4 rings (SSSR count). The number of fused-ring (bicyclic) bond motifs is 3. The molecule has 0 amide bonds. The Morgan fingerprint density at radius 3 is 2.74 bits per heavy atom. The molecule has 6 nitrogen and oxygen atoms in total. The first kappa shape index (κ1) is 14.4. The van der Waals surface area contributed by atoms with Crippen LogP contribution in [-0.2, 0) is 6.42 Å². The average molecular weight is 310 g/mol. The SMILES string of the molecule is CCCc1ccc2nc(N3CCN(C)CC3)c3nncn3c2c1. The van der Waals surface area contributed by atoms with Gasteiger partial charge in [-0.25, -0.2) is 4.98 Å². The van der Waals surface area contributed by atoms with Crippen molar-refractivity contribution in [3.05, 3.63) is 30.1 Å². The summed E-state index contributed by atoms with van der Waals surface area (Å²) in [6, 6.07) is 6.53. The molecule has 1 aromatic carbocycles. The molecule has 1 aliphatic heterocycles. The van der Waals surface area contributed by atoms with E-state index in [2.05, 4.69) is 56.6 Å². The highest BCUT2D eigenvalue weighted by molar-refractivity contribution is 5.83. The molecular formula is C17H22N6. The molecule has 1 aliphatic rings. The van der Waals surface area contributed by atoms with Gasteiger partial charge in [-0.05, 0) is 31.2 Å². The quantitative estimate of drug-likeness (QED) is 0.740. The van der Waals surface area contributed by atoms with Gasteiger partial charge in [-0.1, -0.05) is 19.4 Å². The fourth-order valence-corrected chi connectivity index (χ4v) is 3.26. The highest BCUT2D eigenvalue weighted by Gasteiger charge is 2.20. The van der Waals surface area contributed by atoms with Crippen LogP contribution in [0.15, 0.2) is 24.5 Å². The van der Waals surface area contributed by atoms with Crippen molar-refractivity contribution in [3.8, 4) is 0 Å². The maximum absolute atomic E-state index is 4.91. The third-order valence-corrected chi connectivity index (χ3v) is 4.61. The van der Waals surface area contributed by atoms with E-state index >= 15 is 0 Å². The number of likely N-dealkylation sites (N-methyl/N-ethyl adjacent to an activating group) is 1. The summed E-state index contributed by atoms with van der Waals surface area (Å²) in [5, 5.41) is 8.47. The van der Waals surface area contributed by atoms with Gasteiger partial charge in [0.1, 0.15) is 6.33 Å². The molecule has 1 fully saturated rings. The van der Waals surface area contributed by atoms with Crippen LogP contribution < -0.4 is 4.90 Å². The standard InChI is InChI=1S/C17H22N6/c1-3-4-13-5-6-14-15(11-13)23-12-18-20-17(23)16(19-14)22-9-7-21(2)8-10-22/h5-6,11-12H,3-4,7-10H2,1-2H3. The molecule has 0 unspecified atom stereocenters. The minimum absolute atomic E-state index is 0.857. The summed E-state index contributed by atoms with van der Waals surface area (Å²) < 4.78 is 2.08. The van der Waals surface area contributed by atoms with Crippen LogP contribution in [0.2, 0.25) is 0 Å². The summed E-state index contributed by atoms with van der Waals surface area (Å²) in [4.78, 5) is 9.58. The number of aromatic nitrogens is 4. The normalized spacial score (nSPS) is 16.5. The van der Waals surface area contributed by atoms with Gasteiger partial charge in [0.25, 0.3) is 0 Å². The first-order valence-corrected chi connectivity index (χ1v) is 8.32. The molecule has 0 radical (unpaired) electrons. The molecule has 0 N–H and O–H groups in total. The number of aryl methyl sites for hydroxylation is 1. The van der Waals surface area contributed by atoms with Crippen LogP contribution in [0.25, 0.3) is 16.7 Å². The van der Waals surface area contributed by atoms with E-state index < -0.39 is 0 Å². The van der Waals surface area contributed by atoms with Crippen molar-refractivity contribution in [2.24, 2.45) is 0 Å². The molecule has 3 heterocycles. The number of nitrogens with zero attached hydrogens (tertiary/aromatic N) is 6. The van der Waals surface area contributed by atoms with E-state index in [1.807, 2.05) is 0 Å². The van der Waals surface area contributed by atoms with Crippen LogP contribution in [0.3, 0.4) is 0 Å². The zero-order valence-corrected chi connectivity index (χ0v) is 13.7. The van der Waals surface area contributed by atoms with Gasteiger partial charge in [-0.3, -0.25) is 4.40 Å². The van der Waals surface area contributed by atoms with E-state index in [4.69, 9.17) is 4.98 Å². The lowest BCUT2D eigenvalue weighted by atomic mass is 10.1. The molecule has 3 aromatic rings. The monoisotopic (exact) mass is 310 g/mol. The van der Waals surface area contributed by atoms with Gasteiger partial charge < -0.3 is 9.80 Å². The minimum Gasteiger partial charge on any atom is -0.351 e. The third kappa shape index (κ3) is 2.53. The van der Waals surface area contributed by atoms with Crippen molar-refractivity contribution in [2.45, 2.75) is 19.8 Å². The highest BCUT2D eigenvalue weighted by atomic mass is 15.3. The molecule has 2 aromatic heterocycles. The molecule has 23 heavy (non-hydrogen) atoms. The fraction of sp³-hybridized carbons (Fsp3) is 0.471. The van der Waals surface area contributed by atoms with Gasteiger partial charge in [0, 0.05) is 26.2 Å². The van der Waals surface area contributed by atoms with Gasteiger partial charge in [0.05, 0.1) is 11.0 Å². The van der Waals surface area contributed by atoms with E-state index in [0.717, 1.165) is 61.5 Å². The van der Waals surface area contributed by atoms with Crippen molar-refractivity contribution in [3.63, 3.8) is 0 Å². The molecule has 6 heteroatoms. The first-order chi connectivity index (χ1) is 11.3. The van der Waals surface area contributed by atoms with Gasteiger partial charge in [0.2, 0.25) is 5.65 Å². The van der Waals surface area contributed by atoms with E-state index in [1.54, 1.807) is 6.33 Å². The lowest BCUT2D eigenvalue weighted by molar-refractivity contribution is 0.312. The Kier molecular flexibility index (Phi) is 3.61. The van der Waals surface area contributed by atoms with E-state index in [1.165, 1.54) is 5.56 Å². The zero-order chi connectivity index (χ0) is 15.8. The zero-order valence-electron chi connectivity index (χ0n) is 13.7. The second-order valence-electron chi connectivity index (χ2n) is 6.32. The van der Waals surface area contributed by atoms with Crippen LogP contribution >= 0.6 is 0 Å². The second kappa shape index (κ2) is 5.77. The van der Waals surface area contributed by atoms with E-state index in [9.17, 15) is 0 Å². The molecule has 0 saturated carbocycles. The molecule has 0 aliphatic carbocycles. The number of hydrogen-bond donors (Lipinski definition) is 0. The van der Waals surface area contributed by atoms with Crippen molar-refractivity contribution in [1.29, 1.82) is 0 Å². The smallest absolute Gasteiger partial charge is 0.204 e. The maximum atomic E-state index is 4.91. The lowest BCUT2D eigenvalue weighted by Crippen LogP contribution is -2.45. The molecular weight excluding hydrogens is 288 g/mol. The fourth-order valence-electron chi connectivity index (χ4n) is 3.26. The van der Waals surface area contributed by atoms with Crippen molar-refractivity contribution >= 4 is 22.5 Å². The summed E-state index contributed by atoms with van der Waals surface area (Å²) in [6.45, 7) is 6.26. The van der Waals surface area contributed by atoms with Crippen molar-refractivity contribution < 1.29 is 0 Å². The van der Waals surface area contributed by atoms with Crippen LogP contribution in [0.1, 0.15) is 18.9 Å². The molecule has 0 atom stereocenters. The second-order valence-corrected chi connectivity index (χ2v) is 6.32. The highest BCUT2D eigenvalue weighted by Crippen LogP contribution is 2.25. The topological polar surface area (TPSA) is 49.6 Å². The Bertz CT molecular complexity index is 832. The van der Waals surface area contributed by atoms with Gasteiger partial charge in [0.15, 0.2) is 5.82 Å². The van der Waals surface area contributed by atoms with Crippen LogP contribution in [0.5, 0.6) is 0 Å². The van der Waals surface area contributed by atoms with Gasteiger partial charge in [-0.15, -0.1) is 10.2 Å².